The van der Waals surface area contributed by atoms with Crippen LogP contribution < -0.4 is 20.3 Å². The van der Waals surface area contributed by atoms with Gasteiger partial charge in [-0.3, -0.25) is 14.2 Å². The summed E-state index contributed by atoms with van der Waals surface area (Å²) in [5.41, 5.74) is 1.66. The third-order valence-corrected chi connectivity index (χ3v) is 5.45. The van der Waals surface area contributed by atoms with Crippen molar-refractivity contribution in [1.29, 1.82) is 0 Å². The molecule has 1 amide bonds. The Kier molecular flexibility index (Phi) is 7.94. The second-order valence-corrected chi connectivity index (χ2v) is 8.47. The molecule has 2 aromatic carbocycles. The first-order chi connectivity index (χ1) is 16.2. The molecular formula is C26H31N3O5. The molecular weight excluding hydrogens is 434 g/mol. The summed E-state index contributed by atoms with van der Waals surface area (Å²) in [5.74, 6) is 1.29. The fourth-order valence-corrected chi connectivity index (χ4v) is 3.72. The lowest BCUT2D eigenvalue weighted by atomic mass is 10.0. The van der Waals surface area contributed by atoms with Crippen LogP contribution in [0, 0.1) is 5.92 Å². The molecule has 2 N–H and O–H groups in total. The summed E-state index contributed by atoms with van der Waals surface area (Å²) in [4.78, 5) is 29.5. The van der Waals surface area contributed by atoms with Gasteiger partial charge in [0, 0.05) is 25.5 Å². The van der Waals surface area contributed by atoms with Gasteiger partial charge < -0.3 is 19.9 Å². The average molecular weight is 466 g/mol. The molecule has 3 aromatic rings. The summed E-state index contributed by atoms with van der Waals surface area (Å²) in [7, 11) is 3.06. The second-order valence-electron chi connectivity index (χ2n) is 8.47. The van der Waals surface area contributed by atoms with E-state index in [2.05, 4.69) is 24.1 Å². The first kappa shape index (κ1) is 24.8. The number of aromatic hydroxyl groups is 1. The van der Waals surface area contributed by atoms with E-state index in [0.29, 0.717) is 41.0 Å². The van der Waals surface area contributed by atoms with Crippen LogP contribution in [0.5, 0.6) is 17.4 Å². The quantitative estimate of drug-likeness (QED) is 0.493. The van der Waals surface area contributed by atoms with Gasteiger partial charge in [-0.1, -0.05) is 32.0 Å². The summed E-state index contributed by atoms with van der Waals surface area (Å²) >= 11 is 0. The molecule has 1 aromatic heterocycles. The standard InChI is InChI=1S/C26H31N3O5/c1-16(2)9-14-23-28-25(31)20(15-18-10-12-19(13-11-18)27-17(3)30)26(32)29(23)24-21(33-4)7-6-8-22(24)34-5/h6-8,10-13,16,31H,9,14-15H2,1-5H3,(H,27,30). The van der Waals surface area contributed by atoms with Crippen LogP contribution in [0.3, 0.4) is 0 Å². The largest absolute Gasteiger partial charge is 0.494 e. The smallest absolute Gasteiger partial charge is 0.265 e. The first-order valence-electron chi connectivity index (χ1n) is 11.2. The van der Waals surface area contributed by atoms with Crippen molar-refractivity contribution in [3.05, 3.63) is 69.8 Å². The SMILES string of the molecule is COc1cccc(OC)c1-n1c(CCC(C)C)nc(O)c(Cc2ccc(NC(C)=O)cc2)c1=O. The molecule has 0 spiro atoms. The molecule has 0 unspecified atom stereocenters. The number of hydrogen-bond acceptors (Lipinski definition) is 6. The molecule has 34 heavy (non-hydrogen) atoms. The average Bonchev–Trinajstić information content (AvgIpc) is 2.80. The van der Waals surface area contributed by atoms with Gasteiger partial charge in [-0.05, 0) is 42.2 Å². The topological polar surface area (TPSA) is 103 Å². The van der Waals surface area contributed by atoms with Crippen LogP contribution in [0.15, 0.2) is 47.3 Å². The number of ether oxygens (including phenoxy) is 2. The zero-order valence-electron chi connectivity index (χ0n) is 20.2. The number of rotatable bonds is 9. The molecule has 0 bridgehead atoms. The maximum Gasteiger partial charge on any atom is 0.265 e. The highest BCUT2D eigenvalue weighted by molar-refractivity contribution is 5.88. The minimum absolute atomic E-state index is 0.161. The van der Waals surface area contributed by atoms with Crippen LogP contribution >= 0.6 is 0 Å². The van der Waals surface area contributed by atoms with Crippen molar-refractivity contribution in [3.8, 4) is 23.1 Å². The highest BCUT2D eigenvalue weighted by Crippen LogP contribution is 2.33. The molecule has 3 rings (SSSR count). The van der Waals surface area contributed by atoms with Crippen molar-refractivity contribution in [3.63, 3.8) is 0 Å². The zero-order valence-corrected chi connectivity index (χ0v) is 20.2. The van der Waals surface area contributed by atoms with Crippen molar-refractivity contribution in [1.82, 2.24) is 9.55 Å². The molecule has 8 nitrogen and oxygen atoms in total. The van der Waals surface area contributed by atoms with Gasteiger partial charge in [-0.15, -0.1) is 0 Å². The molecule has 0 atom stereocenters. The number of hydrogen-bond donors (Lipinski definition) is 2. The number of carbonyl (C=O) groups is 1. The number of aromatic nitrogens is 2. The monoisotopic (exact) mass is 465 g/mol. The van der Waals surface area contributed by atoms with E-state index >= 15 is 0 Å². The number of nitrogens with one attached hydrogen (secondary N) is 1. The number of nitrogens with zero attached hydrogens (tertiary/aromatic N) is 2. The fourth-order valence-electron chi connectivity index (χ4n) is 3.72. The number of amides is 1. The van der Waals surface area contributed by atoms with Crippen LogP contribution in [-0.2, 0) is 17.6 Å². The Morgan fingerprint density at radius 2 is 1.71 bits per heavy atom. The molecule has 180 valence electrons. The number of anilines is 1. The first-order valence-corrected chi connectivity index (χ1v) is 11.2. The van der Waals surface area contributed by atoms with Crippen molar-refractivity contribution in [2.24, 2.45) is 5.92 Å². The third kappa shape index (κ3) is 5.57. The lowest BCUT2D eigenvalue weighted by Crippen LogP contribution is -2.28. The molecule has 1 heterocycles. The Morgan fingerprint density at radius 3 is 2.24 bits per heavy atom. The number of carbonyl (C=O) groups excluding carboxylic acids is 1. The Hall–Kier alpha value is -3.81. The molecule has 0 radical (unpaired) electrons. The summed E-state index contributed by atoms with van der Waals surface area (Å²) in [6.07, 6.45) is 1.45. The zero-order chi connectivity index (χ0) is 24.8. The van der Waals surface area contributed by atoms with Crippen molar-refractivity contribution >= 4 is 11.6 Å². The molecule has 0 aliphatic rings. The third-order valence-electron chi connectivity index (χ3n) is 5.45. The van der Waals surface area contributed by atoms with Gasteiger partial charge in [-0.25, -0.2) is 0 Å². The number of aryl methyl sites for hydroxylation is 1. The van der Waals surface area contributed by atoms with E-state index in [0.717, 1.165) is 12.0 Å². The maximum absolute atomic E-state index is 13.8. The normalized spacial score (nSPS) is 10.9. The fraction of sp³-hybridized carbons (Fsp3) is 0.346. The van der Waals surface area contributed by atoms with E-state index in [-0.39, 0.29) is 29.3 Å². The summed E-state index contributed by atoms with van der Waals surface area (Å²) in [5, 5.41) is 13.5. The predicted molar refractivity (Wildman–Crippen MR) is 131 cm³/mol. The van der Waals surface area contributed by atoms with Crippen LogP contribution in [0.1, 0.15) is 44.1 Å². The van der Waals surface area contributed by atoms with Crippen LogP contribution in [0.4, 0.5) is 5.69 Å². The number of methoxy groups -OCH3 is 2. The van der Waals surface area contributed by atoms with Crippen molar-refractivity contribution < 1.29 is 19.4 Å². The highest BCUT2D eigenvalue weighted by atomic mass is 16.5. The second kappa shape index (κ2) is 10.9. The van der Waals surface area contributed by atoms with Gasteiger partial charge in [0.1, 0.15) is 23.0 Å². The number of benzene rings is 2. The maximum atomic E-state index is 13.8. The van der Waals surface area contributed by atoms with Crippen LogP contribution in [0.2, 0.25) is 0 Å². The molecule has 0 aliphatic carbocycles. The highest BCUT2D eigenvalue weighted by Gasteiger charge is 2.23. The summed E-state index contributed by atoms with van der Waals surface area (Å²) in [6.45, 7) is 5.61. The number of para-hydroxylation sites is 1. The Bertz CT molecular complexity index is 1190. The molecule has 8 heteroatoms. The summed E-state index contributed by atoms with van der Waals surface area (Å²) in [6, 6.07) is 12.4. The van der Waals surface area contributed by atoms with E-state index in [1.165, 1.54) is 25.7 Å². The van der Waals surface area contributed by atoms with Gasteiger partial charge in [0.2, 0.25) is 11.8 Å². The van der Waals surface area contributed by atoms with Crippen molar-refractivity contribution in [2.75, 3.05) is 19.5 Å². The van der Waals surface area contributed by atoms with Gasteiger partial charge in [-0.2, -0.15) is 4.98 Å². The van der Waals surface area contributed by atoms with Gasteiger partial charge in [0.05, 0.1) is 19.8 Å². The minimum atomic E-state index is -0.389. The van der Waals surface area contributed by atoms with Crippen LogP contribution in [-0.4, -0.2) is 34.8 Å². The van der Waals surface area contributed by atoms with Gasteiger partial charge in [0.25, 0.3) is 5.56 Å². The van der Waals surface area contributed by atoms with E-state index < -0.39 is 0 Å². The summed E-state index contributed by atoms with van der Waals surface area (Å²) < 4.78 is 12.6. The Labute approximate surface area is 199 Å². The Morgan fingerprint density at radius 1 is 1.09 bits per heavy atom. The molecule has 0 saturated carbocycles. The van der Waals surface area contributed by atoms with E-state index in [4.69, 9.17) is 9.47 Å². The lowest BCUT2D eigenvalue weighted by molar-refractivity contribution is -0.114. The Balaban J connectivity index is 2.15. The predicted octanol–water partition coefficient (Wildman–Crippen LogP) is 4.09. The minimum Gasteiger partial charge on any atom is -0.494 e. The lowest BCUT2D eigenvalue weighted by Gasteiger charge is -2.20. The van der Waals surface area contributed by atoms with Gasteiger partial charge >= 0.3 is 0 Å². The van der Waals surface area contributed by atoms with E-state index in [9.17, 15) is 14.7 Å². The molecule has 0 fully saturated rings. The molecule has 0 saturated heterocycles. The van der Waals surface area contributed by atoms with Crippen LogP contribution in [0.25, 0.3) is 5.69 Å². The van der Waals surface area contributed by atoms with E-state index in [1.54, 1.807) is 42.5 Å². The van der Waals surface area contributed by atoms with E-state index in [1.807, 2.05) is 0 Å². The van der Waals surface area contributed by atoms with Gasteiger partial charge in [0.15, 0.2) is 0 Å². The van der Waals surface area contributed by atoms with Crippen molar-refractivity contribution in [2.45, 2.75) is 40.0 Å². The molecule has 0 aliphatic heterocycles.